The number of halogens is 1. The Morgan fingerprint density at radius 2 is 2.25 bits per heavy atom. The van der Waals surface area contributed by atoms with E-state index in [-0.39, 0.29) is 5.91 Å². The molecule has 2 N–H and O–H groups in total. The largest absolute Gasteiger partial charge is 0.346 e. The third-order valence-corrected chi connectivity index (χ3v) is 3.64. The summed E-state index contributed by atoms with van der Waals surface area (Å²) in [6.45, 7) is 2.10. The molecule has 1 aliphatic heterocycles. The van der Waals surface area contributed by atoms with E-state index in [1.165, 1.54) is 0 Å². The van der Waals surface area contributed by atoms with Crippen LogP contribution in [0.4, 0.5) is 0 Å². The fourth-order valence-corrected chi connectivity index (χ4v) is 2.13. The quantitative estimate of drug-likeness (QED) is 0.882. The molecule has 1 aliphatic rings. The van der Waals surface area contributed by atoms with Gasteiger partial charge in [0, 0.05) is 24.7 Å². The SMILES string of the molecule is O=C(NCc1ccccc1Cl)c1cn(C2CNC2)nn1. The average Bonchev–Trinajstić information content (AvgIpc) is 2.85. The fourth-order valence-electron chi connectivity index (χ4n) is 1.93. The van der Waals surface area contributed by atoms with E-state index in [2.05, 4.69) is 20.9 Å². The summed E-state index contributed by atoms with van der Waals surface area (Å²) >= 11 is 6.04. The Labute approximate surface area is 121 Å². The molecule has 104 valence electrons. The molecule has 2 aromatic rings. The third kappa shape index (κ3) is 2.66. The molecule has 1 saturated heterocycles. The highest BCUT2D eigenvalue weighted by atomic mass is 35.5. The van der Waals surface area contributed by atoms with Gasteiger partial charge in [0.1, 0.15) is 0 Å². The van der Waals surface area contributed by atoms with Gasteiger partial charge in [0.05, 0.1) is 12.2 Å². The van der Waals surface area contributed by atoms with Crippen LogP contribution in [0.25, 0.3) is 0 Å². The van der Waals surface area contributed by atoms with Crippen molar-refractivity contribution in [2.75, 3.05) is 13.1 Å². The number of hydrogen-bond donors (Lipinski definition) is 2. The predicted molar refractivity (Wildman–Crippen MR) is 74.6 cm³/mol. The lowest BCUT2D eigenvalue weighted by Crippen LogP contribution is -2.43. The number of carbonyl (C=O) groups is 1. The van der Waals surface area contributed by atoms with Gasteiger partial charge >= 0.3 is 0 Å². The van der Waals surface area contributed by atoms with Crippen molar-refractivity contribution in [2.24, 2.45) is 0 Å². The third-order valence-electron chi connectivity index (χ3n) is 3.27. The Bertz CT molecular complexity index is 623. The molecule has 20 heavy (non-hydrogen) atoms. The van der Waals surface area contributed by atoms with Gasteiger partial charge in [-0.3, -0.25) is 4.79 Å². The molecule has 2 heterocycles. The molecule has 6 nitrogen and oxygen atoms in total. The molecule has 0 bridgehead atoms. The molecule has 0 atom stereocenters. The second kappa shape index (κ2) is 5.60. The first-order valence-corrected chi connectivity index (χ1v) is 6.76. The molecule has 3 rings (SSSR count). The molecule has 1 amide bonds. The van der Waals surface area contributed by atoms with Gasteiger partial charge in [-0.15, -0.1) is 5.10 Å². The van der Waals surface area contributed by atoms with Gasteiger partial charge in [0.25, 0.3) is 5.91 Å². The zero-order chi connectivity index (χ0) is 13.9. The van der Waals surface area contributed by atoms with E-state index in [4.69, 9.17) is 11.6 Å². The minimum atomic E-state index is -0.247. The van der Waals surface area contributed by atoms with Crippen LogP contribution in [-0.4, -0.2) is 34.0 Å². The standard InChI is InChI=1S/C13H14ClN5O/c14-11-4-2-1-3-9(11)5-16-13(20)12-8-19(18-17-12)10-6-15-7-10/h1-4,8,10,15H,5-7H2,(H,16,20). The second-order valence-electron chi connectivity index (χ2n) is 4.67. The van der Waals surface area contributed by atoms with Gasteiger partial charge in [0.2, 0.25) is 0 Å². The highest BCUT2D eigenvalue weighted by Crippen LogP contribution is 2.14. The molecule has 1 aromatic carbocycles. The number of benzene rings is 1. The van der Waals surface area contributed by atoms with Crippen LogP contribution in [0.2, 0.25) is 5.02 Å². The van der Waals surface area contributed by atoms with E-state index in [1.807, 2.05) is 18.2 Å². The summed E-state index contributed by atoms with van der Waals surface area (Å²) in [7, 11) is 0. The number of rotatable bonds is 4. The molecule has 7 heteroatoms. The van der Waals surface area contributed by atoms with Gasteiger partial charge < -0.3 is 10.6 Å². The first-order chi connectivity index (χ1) is 9.74. The summed E-state index contributed by atoms with van der Waals surface area (Å²) < 4.78 is 1.72. The summed E-state index contributed by atoms with van der Waals surface area (Å²) in [6.07, 6.45) is 1.67. The van der Waals surface area contributed by atoms with E-state index in [1.54, 1.807) is 16.9 Å². The van der Waals surface area contributed by atoms with Crippen LogP contribution < -0.4 is 10.6 Å². The number of amides is 1. The fraction of sp³-hybridized carbons (Fsp3) is 0.308. The van der Waals surface area contributed by atoms with Crippen LogP contribution in [0.5, 0.6) is 0 Å². The van der Waals surface area contributed by atoms with Gasteiger partial charge in [0.15, 0.2) is 5.69 Å². The van der Waals surface area contributed by atoms with Crippen LogP contribution in [0.1, 0.15) is 22.1 Å². The normalized spacial score (nSPS) is 14.8. The Morgan fingerprint density at radius 1 is 1.45 bits per heavy atom. The Morgan fingerprint density at radius 3 is 2.95 bits per heavy atom. The molecular formula is C13H14ClN5O. The highest BCUT2D eigenvalue weighted by molar-refractivity contribution is 6.31. The minimum absolute atomic E-state index is 0.247. The van der Waals surface area contributed by atoms with Crippen LogP contribution in [0.15, 0.2) is 30.5 Å². The van der Waals surface area contributed by atoms with Gasteiger partial charge in [-0.25, -0.2) is 4.68 Å². The number of carbonyl (C=O) groups excluding carboxylic acids is 1. The molecule has 0 radical (unpaired) electrons. The average molecular weight is 292 g/mol. The van der Waals surface area contributed by atoms with Crippen molar-refractivity contribution in [2.45, 2.75) is 12.6 Å². The summed E-state index contributed by atoms with van der Waals surface area (Å²) in [6, 6.07) is 7.70. The van der Waals surface area contributed by atoms with E-state index < -0.39 is 0 Å². The lowest BCUT2D eigenvalue weighted by molar-refractivity contribution is 0.0946. The maximum atomic E-state index is 12.0. The van der Waals surface area contributed by atoms with Crippen LogP contribution in [0.3, 0.4) is 0 Å². The van der Waals surface area contributed by atoms with E-state index in [9.17, 15) is 4.79 Å². The van der Waals surface area contributed by atoms with Crippen molar-refractivity contribution >= 4 is 17.5 Å². The lowest BCUT2D eigenvalue weighted by atomic mass is 10.2. The Kier molecular flexibility index (Phi) is 3.66. The number of nitrogens with zero attached hydrogens (tertiary/aromatic N) is 3. The number of aromatic nitrogens is 3. The summed E-state index contributed by atoms with van der Waals surface area (Å²) in [5.41, 5.74) is 1.20. The molecule has 1 aromatic heterocycles. The molecule has 1 fully saturated rings. The van der Waals surface area contributed by atoms with Crippen molar-refractivity contribution < 1.29 is 4.79 Å². The van der Waals surface area contributed by atoms with Gasteiger partial charge in [-0.05, 0) is 11.6 Å². The van der Waals surface area contributed by atoms with Crippen LogP contribution >= 0.6 is 11.6 Å². The zero-order valence-corrected chi connectivity index (χ0v) is 11.5. The highest BCUT2D eigenvalue weighted by Gasteiger charge is 2.21. The van der Waals surface area contributed by atoms with Crippen molar-refractivity contribution in [3.05, 3.63) is 46.7 Å². The maximum absolute atomic E-state index is 12.0. The summed E-state index contributed by atoms with van der Waals surface area (Å²) in [5.74, 6) is -0.247. The predicted octanol–water partition coefficient (Wildman–Crippen LogP) is 1.01. The van der Waals surface area contributed by atoms with Crippen molar-refractivity contribution in [1.29, 1.82) is 0 Å². The minimum Gasteiger partial charge on any atom is -0.346 e. The van der Waals surface area contributed by atoms with E-state index in [0.29, 0.717) is 23.3 Å². The van der Waals surface area contributed by atoms with Crippen molar-refractivity contribution in [1.82, 2.24) is 25.6 Å². The molecule has 0 spiro atoms. The number of hydrogen-bond acceptors (Lipinski definition) is 4. The van der Waals surface area contributed by atoms with Crippen LogP contribution in [-0.2, 0) is 6.54 Å². The molecule has 0 saturated carbocycles. The summed E-state index contributed by atoms with van der Waals surface area (Å²) in [5, 5.41) is 14.4. The first kappa shape index (κ1) is 13.1. The smallest absolute Gasteiger partial charge is 0.273 e. The first-order valence-electron chi connectivity index (χ1n) is 6.38. The van der Waals surface area contributed by atoms with Gasteiger partial charge in [-0.2, -0.15) is 0 Å². The topological polar surface area (TPSA) is 71.8 Å². The van der Waals surface area contributed by atoms with Crippen molar-refractivity contribution in [3.63, 3.8) is 0 Å². The lowest BCUT2D eigenvalue weighted by Gasteiger charge is -2.26. The second-order valence-corrected chi connectivity index (χ2v) is 5.08. The maximum Gasteiger partial charge on any atom is 0.273 e. The monoisotopic (exact) mass is 291 g/mol. The Balaban J connectivity index is 1.61. The van der Waals surface area contributed by atoms with E-state index >= 15 is 0 Å². The molecular weight excluding hydrogens is 278 g/mol. The summed E-state index contributed by atoms with van der Waals surface area (Å²) in [4.78, 5) is 12.0. The number of nitrogens with one attached hydrogen (secondary N) is 2. The Hall–Kier alpha value is -1.92. The van der Waals surface area contributed by atoms with Gasteiger partial charge in [-0.1, -0.05) is 35.0 Å². The van der Waals surface area contributed by atoms with Crippen LogP contribution in [0, 0.1) is 0 Å². The molecule has 0 aliphatic carbocycles. The zero-order valence-electron chi connectivity index (χ0n) is 10.7. The van der Waals surface area contributed by atoms with Crippen molar-refractivity contribution in [3.8, 4) is 0 Å². The van der Waals surface area contributed by atoms with E-state index in [0.717, 1.165) is 18.7 Å². The molecule has 0 unspecified atom stereocenters.